The van der Waals surface area contributed by atoms with Crippen molar-refractivity contribution in [2.45, 2.75) is 26.2 Å². The Morgan fingerprint density at radius 2 is 2.16 bits per heavy atom. The zero-order valence-corrected chi connectivity index (χ0v) is 10.9. The highest BCUT2D eigenvalue weighted by atomic mass is 16.1. The summed E-state index contributed by atoms with van der Waals surface area (Å²) in [6, 6.07) is 7.23. The number of fused-ring (bicyclic) bond motifs is 1. The highest BCUT2D eigenvalue weighted by molar-refractivity contribution is 5.77. The zero-order chi connectivity index (χ0) is 13.7. The van der Waals surface area contributed by atoms with E-state index in [2.05, 4.69) is 15.3 Å². The van der Waals surface area contributed by atoms with Crippen molar-refractivity contribution in [3.8, 4) is 0 Å². The van der Waals surface area contributed by atoms with Gasteiger partial charge in [0.2, 0.25) is 5.91 Å². The lowest BCUT2D eigenvalue weighted by atomic mass is 10.2. The lowest BCUT2D eigenvalue weighted by Gasteiger charge is -2.03. The van der Waals surface area contributed by atoms with Gasteiger partial charge in [0.25, 0.3) is 5.56 Å². The number of hydrogen-bond donors (Lipinski definition) is 2. The normalized spacial score (nSPS) is 10.6. The number of amides is 1. The lowest BCUT2D eigenvalue weighted by Crippen LogP contribution is -2.22. The van der Waals surface area contributed by atoms with Crippen LogP contribution in [0.25, 0.3) is 10.9 Å². The Kier molecular flexibility index (Phi) is 4.28. The van der Waals surface area contributed by atoms with E-state index in [1.807, 2.05) is 25.1 Å². The fraction of sp³-hybridized carbons (Fsp3) is 0.357. The van der Waals surface area contributed by atoms with Crippen LogP contribution in [0.3, 0.4) is 0 Å². The van der Waals surface area contributed by atoms with E-state index in [1.165, 1.54) is 0 Å². The molecule has 5 nitrogen and oxygen atoms in total. The highest BCUT2D eigenvalue weighted by Gasteiger charge is 2.04. The maximum absolute atomic E-state index is 11.8. The van der Waals surface area contributed by atoms with Crippen LogP contribution < -0.4 is 10.9 Å². The third kappa shape index (κ3) is 3.40. The minimum Gasteiger partial charge on any atom is -0.356 e. The van der Waals surface area contributed by atoms with Crippen molar-refractivity contribution in [3.05, 3.63) is 40.4 Å². The van der Waals surface area contributed by atoms with Gasteiger partial charge in [0, 0.05) is 19.4 Å². The summed E-state index contributed by atoms with van der Waals surface area (Å²) in [6.45, 7) is 2.53. The van der Waals surface area contributed by atoms with Gasteiger partial charge >= 0.3 is 0 Å². The molecule has 0 unspecified atom stereocenters. The minimum atomic E-state index is -0.126. The Labute approximate surface area is 111 Å². The Morgan fingerprint density at radius 3 is 2.95 bits per heavy atom. The smallest absolute Gasteiger partial charge is 0.258 e. The van der Waals surface area contributed by atoms with Crippen LogP contribution in [0.1, 0.15) is 25.6 Å². The summed E-state index contributed by atoms with van der Waals surface area (Å²) < 4.78 is 0. The first kappa shape index (κ1) is 13.3. The van der Waals surface area contributed by atoms with E-state index < -0.39 is 0 Å². The van der Waals surface area contributed by atoms with E-state index in [0.29, 0.717) is 42.5 Å². The van der Waals surface area contributed by atoms with Crippen LogP contribution in [-0.2, 0) is 11.2 Å². The molecule has 1 amide bonds. The fourth-order valence-electron chi connectivity index (χ4n) is 1.96. The summed E-state index contributed by atoms with van der Waals surface area (Å²) in [5.41, 5.74) is 0.567. The molecule has 1 heterocycles. The molecule has 0 aliphatic heterocycles. The van der Waals surface area contributed by atoms with E-state index in [4.69, 9.17) is 0 Å². The number of hydrogen-bond acceptors (Lipinski definition) is 3. The van der Waals surface area contributed by atoms with Gasteiger partial charge in [-0.2, -0.15) is 0 Å². The highest BCUT2D eigenvalue weighted by Crippen LogP contribution is 2.07. The number of H-pyrrole nitrogens is 1. The topological polar surface area (TPSA) is 74.8 Å². The predicted octanol–water partition coefficient (Wildman–Crippen LogP) is 1.38. The van der Waals surface area contributed by atoms with Gasteiger partial charge in [0.1, 0.15) is 5.82 Å². The Bertz CT molecular complexity index is 634. The van der Waals surface area contributed by atoms with Gasteiger partial charge in [-0.1, -0.05) is 12.1 Å². The van der Waals surface area contributed by atoms with Crippen molar-refractivity contribution >= 4 is 16.8 Å². The number of carbonyl (C=O) groups excluding carboxylic acids is 1. The number of rotatable bonds is 5. The SMILES string of the molecule is CCNC(=O)CCCc1nc2ccccc2c(=O)[nH]1. The molecule has 2 aromatic rings. The van der Waals surface area contributed by atoms with Crippen LogP contribution in [0.15, 0.2) is 29.1 Å². The predicted molar refractivity (Wildman–Crippen MR) is 74.0 cm³/mol. The van der Waals surface area contributed by atoms with Crippen LogP contribution in [0.2, 0.25) is 0 Å². The average molecular weight is 259 g/mol. The summed E-state index contributed by atoms with van der Waals surface area (Å²) in [5.74, 6) is 0.665. The molecule has 0 atom stereocenters. The maximum Gasteiger partial charge on any atom is 0.258 e. The first-order valence-electron chi connectivity index (χ1n) is 6.45. The van der Waals surface area contributed by atoms with Crippen molar-refractivity contribution in [2.24, 2.45) is 0 Å². The molecule has 0 bridgehead atoms. The molecule has 19 heavy (non-hydrogen) atoms. The second kappa shape index (κ2) is 6.13. The van der Waals surface area contributed by atoms with Crippen molar-refractivity contribution < 1.29 is 4.79 Å². The first-order chi connectivity index (χ1) is 9.20. The molecule has 0 spiro atoms. The average Bonchev–Trinajstić information content (AvgIpc) is 2.39. The first-order valence-corrected chi connectivity index (χ1v) is 6.45. The van der Waals surface area contributed by atoms with Gasteiger partial charge < -0.3 is 10.3 Å². The molecule has 0 aliphatic carbocycles. The number of aromatic amines is 1. The molecule has 2 N–H and O–H groups in total. The van der Waals surface area contributed by atoms with E-state index in [-0.39, 0.29) is 11.5 Å². The molecular formula is C14H17N3O2. The van der Waals surface area contributed by atoms with Crippen molar-refractivity contribution in [3.63, 3.8) is 0 Å². The maximum atomic E-state index is 11.8. The van der Waals surface area contributed by atoms with E-state index in [0.717, 1.165) is 0 Å². The molecule has 0 fully saturated rings. The molecule has 0 radical (unpaired) electrons. The molecular weight excluding hydrogens is 242 g/mol. The van der Waals surface area contributed by atoms with Gasteiger partial charge in [0.05, 0.1) is 10.9 Å². The molecule has 1 aromatic carbocycles. The number of aryl methyl sites for hydroxylation is 1. The van der Waals surface area contributed by atoms with Crippen LogP contribution in [0.5, 0.6) is 0 Å². The molecule has 0 aliphatic rings. The van der Waals surface area contributed by atoms with Gasteiger partial charge in [-0.3, -0.25) is 9.59 Å². The lowest BCUT2D eigenvalue weighted by molar-refractivity contribution is -0.121. The Hall–Kier alpha value is -2.17. The third-order valence-electron chi connectivity index (χ3n) is 2.85. The number of carbonyl (C=O) groups is 1. The Balaban J connectivity index is 2.05. The standard InChI is InChI=1S/C14H17N3O2/c1-2-15-13(18)9-5-8-12-16-11-7-4-3-6-10(11)14(19)17-12/h3-4,6-7H,2,5,8-9H2,1H3,(H,15,18)(H,16,17,19). The van der Waals surface area contributed by atoms with Crippen LogP contribution in [-0.4, -0.2) is 22.4 Å². The molecule has 1 aromatic heterocycles. The number of benzene rings is 1. The van der Waals surface area contributed by atoms with Crippen LogP contribution >= 0.6 is 0 Å². The summed E-state index contributed by atoms with van der Waals surface area (Å²) in [5, 5.41) is 3.33. The van der Waals surface area contributed by atoms with Crippen molar-refractivity contribution in [1.29, 1.82) is 0 Å². The fourth-order valence-corrected chi connectivity index (χ4v) is 1.96. The molecule has 0 saturated heterocycles. The van der Waals surface area contributed by atoms with Gasteiger partial charge in [0.15, 0.2) is 0 Å². The molecule has 100 valence electrons. The summed E-state index contributed by atoms with van der Waals surface area (Å²) in [6.07, 6.45) is 1.72. The summed E-state index contributed by atoms with van der Waals surface area (Å²) in [4.78, 5) is 30.3. The van der Waals surface area contributed by atoms with E-state index in [1.54, 1.807) is 6.07 Å². The van der Waals surface area contributed by atoms with Crippen molar-refractivity contribution in [2.75, 3.05) is 6.54 Å². The quantitative estimate of drug-likeness (QED) is 0.851. The third-order valence-corrected chi connectivity index (χ3v) is 2.85. The van der Waals surface area contributed by atoms with Crippen LogP contribution in [0.4, 0.5) is 0 Å². The van der Waals surface area contributed by atoms with E-state index in [9.17, 15) is 9.59 Å². The van der Waals surface area contributed by atoms with Gasteiger partial charge in [-0.25, -0.2) is 4.98 Å². The number of para-hydroxylation sites is 1. The second-order valence-electron chi connectivity index (χ2n) is 4.34. The molecule has 5 heteroatoms. The zero-order valence-electron chi connectivity index (χ0n) is 10.9. The molecule has 2 rings (SSSR count). The summed E-state index contributed by atoms with van der Waals surface area (Å²) >= 11 is 0. The Morgan fingerprint density at radius 1 is 1.37 bits per heavy atom. The van der Waals surface area contributed by atoms with Gasteiger partial charge in [-0.05, 0) is 25.5 Å². The second-order valence-corrected chi connectivity index (χ2v) is 4.34. The van der Waals surface area contributed by atoms with E-state index >= 15 is 0 Å². The largest absolute Gasteiger partial charge is 0.356 e. The monoisotopic (exact) mass is 259 g/mol. The number of aromatic nitrogens is 2. The minimum absolute atomic E-state index is 0.0330. The number of nitrogens with one attached hydrogen (secondary N) is 2. The summed E-state index contributed by atoms with van der Waals surface area (Å²) in [7, 11) is 0. The molecule has 0 saturated carbocycles. The number of nitrogens with zero attached hydrogens (tertiary/aromatic N) is 1. The van der Waals surface area contributed by atoms with Crippen LogP contribution in [0, 0.1) is 0 Å². The van der Waals surface area contributed by atoms with Crippen molar-refractivity contribution in [1.82, 2.24) is 15.3 Å². The van der Waals surface area contributed by atoms with Gasteiger partial charge in [-0.15, -0.1) is 0 Å².